The molecule has 4 nitrogen and oxygen atoms in total. The van der Waals surface area contributed by atoms with Gasteiger partial charge >= 0.3 is 0 Å². The molecule has 0 radical (unpaired) electrons. The number of benzene rings is 2. The molecule has 0 aliphatic carbocycles. The minimum Gasteiger partial charge on any atom is -0.354 e. The number of carbonyl (C=O) groups is 2. The van der Waals surface area contributed by atoms with Crippen molar-refractivity contribution in [3.8, 4) is 0 Å². The average Bonchev–Trinajstić information content (AvgIpc) is 2.75. The fourth-order valence-corrected chi connectivity index (χ4v) is 3.69. The van der Waals surface area contributed by atoms with Crippen LogP contribution in [0.25, 0.3) is 0 Å². The second-order valence-electron chi connectivity index (χ2n) is 9.78. The van der Waals surface area contributed by atoms with E-state index in [1.807, 2.05) is 32.0 Å². The minimum absolute atomic E-state index is 0.00421. The Bertz CT molecular complexity index is 881. The molecular weight excluding hydrogens is 396 g/mol. The Labute approximate surface area is 194 Å². The maximum Gasteiger partial charge on any atom is 0.242 e. The molecule has 0 heterocycles. The van der Waals surface area contributed by atoms with E-state index in [9.17, 15) is 9.59 Å². The van der Waals surface area contributed by atoms with Gasteiger partial charge in [-0.3, -0.25) is 9.59 Å². The van der Waals surface area contributed by atoms with E-state index < -0.39 is 6.04 Å². The summed E-state index contributed by atoms with van der Waals surface area (Å²) in [6.07, 6.45) is 3.01. The molecule has 0 aromatic heterocycles. The zero-order chi connectivity index (χ0) is 23.7. The first-order valence-electron chi connectivity index (χ1n) is 11.8. The molecule has 4 heteroatoms. The molecule has 2 aromatic carbocycles. The van der Waals surface area contributed by atoms with Crippen LogP contribution in [-0.4, -0.2) is 29.3 Å². The van der Waals surface area contributed by atoms with Gasteiger partial charge in [0.1, 0.15) is 6.04 Å². The molecule has 1 N–H and O–H groups in total. The lowest BCUT2D eigenvalue weighted by Crippen LogP contribution is -2.47. The van der Waals surface area contributed by atoms with Crippen LogP contribution in [0.1, 0.15) is 76.1 Å². The maximum atomic E-state index is 13.3. The summed E-state index contributed by atoms with van der Waals surface area (Å²) >= 11 is 0. The lowest BCUT2D eigenvalue weighted by Gasteiger charge is -2.29. The smallest absolute Gasteiger partial charge is 0.242 e. The molecule has 0 aliphatic rings. The summed E-state index contributed by atoms with van der Waals surface area (Å²) in [5.74, 6) is -0.0847. The molecule has 1 atom stereocenters. The third-order valence-electron chi connectivity index (χ3n) is 5.88. The van der Waals surface area contributed by atoms with Crippen LogP contribution in [0.4, 0.5) is 0 Å². The SMILES string of the molecule is CCCCNC(=O)[C@H](C)N(Cc1cccc(C)c1)C(=O)CCc1ccc(C(C)(C)C)cc1. The van der Waals surface area contributed by atoms with Crippen molar-refractivity contribution in [1.82, 2.24) is 10.2 Å². The van der Waals surface area contributed by atoms with Crippen molar-refractivity contribution in [3.63, 3.8) is 0 Å². The van der Waals surface area contributed by atoms with Gasteiger partial charge in [0, 0.05) is 19.5 Å². The molecule has 174 valence electrons. The predicted molar refractivity (Wildman–Crippen MR) is 133 cm³/mol. The highest BCUT2D eigenvalue weighted by Gasteiger charge is 2.25. The zero-order valence-electron chi connectivity index (χ0n) is 20.7. The van der Waals surface area contributed by atoms with Crippen LogP contribution in [-0.2, 0) is 28.0 Å². The highest BCUT2D eigenvalue weighted by molar-refractivity contribution is 5.87. The van der Waals surface area contributed by atoms with Crippen LogP contribution in [0.15, 0.2) is 48.5 Å². The molecular formula is C28H40N2O2. The van der Waals surface area contributed by atoms with Crippen LogP contribution in [0.3, 0.4) is 0 Å². The van der Waals surface area contributed by atoms with Gasteiger partial charge in [0.25, 0.3) is 0 Å². The zero-order valence-corrected chi connectivity index (χ0v) is 20.7. The van der Waals surface area contributed by atoms with Crippen LogP contribution in [0, 0.1) is 6.92 Å². The van der Waals surface area contributed by atoms with Crippen LogP contribution in [0.5, 0.6) is 0 Å². The molecule has 0 aliphatic heterocycles. The highest BCUT2D eigenvalue weighted by atomic mass is 16.2. The number of rotatable bonds is 10. The van der Waals surface area contributed by atoms with E-state index in [1.165, 1.54) is 5.56 Å². The first kappa shape index (κ1) is 25.6. The fraction of sp³-hybridized carbons (Fsp3) is 0.500. The summed E-state index contributed by atoms with van der Waals surface area (Å²) in [6.45, 7) is 13.6. The Hall–Kier alpha value is -2.62. The third-order valence-corrected chi connectivity index (χ3v) is 5.88. The Morgan fingerprint density at radius 1 is 1.03 bits per heavy atom. The van der Waals surface area contributed by atoms with Gasteiger partial charge in [-0.15, -0.1) is 0 Å². The van der Waals surface area contributed by atoms with E-state index >= 15 is 0 Å². The third kappa shape index (κ3) is 7.81. The number of hydrogen-bond donors (Lipinski definition) is 1. The largest absolute Gasteiger partial charge is 0.354 e. The van der Waals surface area contributed by atoms with Gasteiger partial charge in [0.2, 0.25) is 11.8 Å². The fourth-order valence-electron chi connectivity index (χ4n) is 3.69. The monoisotopic (exact) mass is 436 g/mol. The molecule has 32 heavy (non-hydrogen) atoms. The van der Waals surface area contributed by atoms with Crippen molar-refractivity contribution in [2.45, 2.75) is 85.2 Å². The Morgan fingerprint density at radius 3 is 2.31 bits per heavy atom. The Morgan fingerprint density at radius 2 is 1.72 bits per heavy atom. The second kappa shape index (κ2) is 11.8. The normalized spacial score (nSPS) is 12.3. The van der Waals surface area contributed by atoms with Gasteiger partial charge in [-0.05, 0) is 48.8 Å². The lowest BCUT2D eigenvalue weighted by molar-refractivity contribution is -0.140. The first-order chi connectivity index (χ1) is 15.1. The quantitative estimate of drug-likeness (QED) is 0.496. The molecule has 0 unspecified atom stereocenters. The Kier molecular flexibility index (Phi) is 9.49. The van der Waals surface area contributed by atoms with E-state index in [0.29, 0.717) is 25.9 Å². The Balaban J connectivity index is 2.11. The first-order valence-corrected chi connectivity index (χ1v) is 11.8. The number of nitrogens with one attached hydrogen (secondary N) is 1. The lowest BCUT2D eigenvalue weighted by atomic mass is 9.86. The van der Waals surface area contributed by atoms with Gasteiger partial charge < -0.3 is 10.2 Å². The van der Waals surface area contributed by atoms with Crippen molar-refractivity contribution in [2.24, 2.45) is 0 Å². The van der Waals surface area contributed by atoms with Crippen LogP contribution < -0.4 is 5.32 Å². The maximum absolute atomic E-state index is 13.3. The summed E-state index contributed by atoms with van der Waals surface area (Å²) in [5.41, 5.74) is 4.72. The number of hydrogen-bond acceptors (Lipinski definition) is 2. The number of amides is 2. The average molecular weight is 437 g/mol. The standard InChI is InChI=1S/C28H40N2O2/c1-7-8-18-29-27(32)22(3)30(20-24-11-9-10-21(2)19-24)26(31)17-14-23-12-15-25(16-13-23)28(4,5)6/h9-13,15-16,19,22H,7-8,14,17-18,20H2,1-6H3,(H,29,32)/t22-/m0/s1. The second-order valence-corrected chi connectivity index (χ2v) is 9.78. The highest BCUT2D eigenvalue weighted by Crippen LogP contribution is 2.22. The molecule has 0 spiro atoms. The van der Waals surface area contributed by atoms with Crippen molar-refractivity contribution >= 4 is 11.8 Å². The number of carbonyl (C=O) groups excluding carboxylic acids is 2. The molecule has 0 saturated carbocycles. The summed E-state index contributed by atoms with van der Waals surface area (Å²) in [5, 5.41) is 2.98. The summed E-state index contributed by atoms with van der Waals surface area (Å²) in [4.78, 5) is 27.7. The number of aryl methyl sites for hydroxylation is 2. The van der Waals surface area contributed by atoms with Crippen molar-refractivity contribution < 1.29 is 9.59 Å². The minimum atomic E-state index is -0.511. The van der Waals surface area contributed by atoms with Crippen molar-refractivity contribution in [2.75, 3.05) is 6.54 Å². The molecule has 0 fully saturated rings. The van der Waals surface area contributed by atoms with Gasteiger partial charge in [0.05, 0.1) is 0 Å². The summed E-state index contributed by atoms with van der Waals surface area (Å²) < 4.78 is 0. The van der Waals surface area contributed by atoms with Gasteiger partial charge in [-0.2, -0.15) is 0 Å². The molecule has 0 bridgehead atoms. The van der Waals surface area contributed by atoms with Gasteiger partial charge in [-0.1, -0.05) is 88.2 Å². The van der Waals surface area contributed by atoms with E-state index in [-0.39, 0.29) is 17.2 Å². The summed E-state index contributed by atoms with van der Waals surface area (Å²) in [6, 6.07) is 16.1. The predicted octanol–water partition coefficient (Wildman–Crippen LogP) is 5.56. The van der Waals surface area contributed by atoms with E-state index in [1.54, 1.807) is 4.90 Å². The van der Waals surface area contributed by atoms with Gasteiger partial charge in [0.15, 0.2) is 0 Å². The van der Waals surface area contributed by atoms with E-state index in [4.69, 9.17) is 0 Å². The summed E-state index contributed by atoms with van der Waals surface area (Å²) in [7, 11) is 0. The molecule has 0 saturated heterocycles. The molecule has 2 amide bonds. The van der Waals surface area contributed by atoms with E-state index in [2.05, 4.69) is 63.3 Å². The number of nitrogens with zero attached hydrogens (tertiary/aromatic N) is 1. The van der Waals surface area contributed by atoms with Crippen molar-refractivity contribution in [1.29, 1.82) is 0 Å². The van der Waals surface area contributed by atoms with Crippen LogP contribution in [0.2, 0.25) is 0 Å². The van der Waals surface area contributed by atoms with E-state index in [0.717, 1.165) is 29.5 Å². The molecule has 2 rings (SSSR count). The topological polar surface area (TPSA) is 49.4 Å². The van der Waals surface area contributed by atoms with Gasteiger partial charge in [-0.25, -0.2) is 0 Å². The molecule has 2 aromatic rings. The van der Waals surface area contributed by atoms with Crippen LogP contribution >= 0.6 is 0 Å². The van der Waals surface area contributed by atoms with Crippen molar-refractivity contribution in [3.05, 3.63) is 70.8 Å². The number of unbranched alkanes of at least 4 members (excludes halogenated alkanes) is 1.